The van der Waals surface area contributed by atoms with E-state index in [0.717, 1.165) is 16.7 Å². The molecule has 0 unspecified atom stereocenters. The Bertz CT molecular complexity index is 524. The summed E-state index contributed by atoms with van der Waals surface area (Å²) in [7, 11) is 3.72. The molecule has 1 rings (SSSR count). The number of halogens is 1. The fourth-order valence-corrected chi connectivity index (χ4v) is 2.40. The number of hydrogen-bond donors (Lipinski definition) is 2. The molecule has 2 N–H and O–H groups in total. The monoisotopic (exact) mass is 453 g/mol. The molecule has 0 aromatic carbocycles. The Hall–Kier alpha value is -0.900. The van der Waals surface area contributed by atoms with Crippen molar-refractivity contribution in [1.29, 1.82) is 0 Å². The number of thiazole rings is 1. The number of amides is 1. The summed E-state index contributed by atoms with van der Waals surface area (Å²) in [5, 5.41) is 9.27. The lowest BCUT2D eigenvalue weighted by Crippen LogP contribution is -2.43. The van der Waals surface area contributed by atoms with Crippen molar-refractivity contribution in [3.63, 3.8) is 0 Å². The lowest BCUT2D eigenvalue weighted by molar-refractivity contribution is -0.128. The minimum atomic E-state index is -0.360. The zero-order valence-corrected chi connectivity index (χ0v) is 17.9. The average molecular weight is 453 g/mol. The lowest BCUT2D eigenvalue weighted by atomic mass is 9.96. The quantitative estimate of drug-likeness (QED) is 0.311. The number of aryl methyl sites for hydroxylation is 1. The average Bonchev–Trinajstić information content (AvgIpc) is 2.82. The van der Waals surface area contributed by atoms with Crippen LogP contribution in [-0.2, 0) is 11.3 Å². The molecule has 132 valence electrons. The van der Waals surface area contributed by atoms with E-state index in [2.05, 4.69) is 26.0 Å². The van der Waals surface area contributed by atoms with Crippen molar-refractivity contribution < 1.29 is 4.79 Å². The normalized spacial score (nSPS) is 11.7. The molecule has 0 bridgehead atoms. The van der Waals surface area contributed by atoms with Crippen molar-refractivity contribution in [2.45, 2.75) is 34.2 Å². The van der Waals surface area contributed by atoms with Crippen molar-refractivity contribution in [2.75, 3.05) is 27.2 Å². The van der Waals surface area contributed by atoms with Gasteiger partial charge in [-0.05, 0) is 6.92 Å². The Labute approximate surface area is 160 Å². The van der Waals surface area contributed by atoms with Crippen LogP contribution in [0.25, 0.3) is 0 Å². The van der Waals surface area contributed by atoms with Gasteiger partial charge in [0, 0.05) is 38.0 Å². The van der Waals surface area contributed by atoms with E-state index in [1.54, 1.807) is 18.4 Å². The molecule has 1 heterocycles. The number of nitrogens with zero attached hydrogens (tertiary/aromatic N) is 3. The van der Waals surface area contributed by atoms with Crippen LogP contribution in [0.3, 0.4) is 0 Å². The summed E-state index contributed by atoms with van der Waals surface area (Å²) >= 11 is 1.65. The van der Waals surface area contributed by atoms with Crippen LogP contribution in [0.2, 0.25) is 0 Å². The molecule has 0 saturated carbocycles. The molecular formula is C15H28IN5OS. The van der Waals surface area contributed by atoms with Gasteiger partial charge in [-0.1, -0.05) is 20.8 Å². The van der Waals surface area contributed by atoms with Crippen LogP contribution in [0.1, 0.15) is 31.5 Å². The highest BCUT2D eigenvalue weighted by molar-refractivity contribution is 14.0. The molecule has 0 spiro atoms. The van der Waals surface area contributed by atoms with Gasteiger partial charge in [-0.3, -0.25) is 9.79 Å². The van der Waals surface area contributed by atoms with Crippen molar-refractivity contribution in [1.82, 2.24) is 20.5 Å². The largest absolute Gasteiger partial charge is 0.354 e. The van der Waals surface area contributed by atoms with E-state index in [1.165, 1.54) is 0 Å². The third-order valence-corrected chi connectivity index (χ3v) is 3.84. The summed E-state index contributed by atoms with van der Waals surface area (Å²) < 4.78 is 0. The maximum atomic E-state index is 11.8. The molecule has 0 aliphatic rings. The first-order valence-corrected chi connectivity index (χ1v) is 8.23. The van der Waals surface area contributed by atoms with E-state index in [9.17, 15) is 4.79 Å². The van der Waals surface area contributed by atoms with Gasteiger partial charge in [0.15, 0.2) is 5.96 Å². The third kappa shape index (κ3) is 7.96. The first kappa shape index (κ1) is 22.1. The molecule has 0 aliphatic heterocycles. The van der Waals surface area contributed by atoms with Crippen LogP contribution in [0.15, 0.2) is 10.4 Å². The predicted octanol–water partition coefficient (Wildman–Crippen LogP) is 2.24. The highest BCUT2D eigenvalue weighted by Gasteiger charge is 2.20. The van der Waals surface area contributed by atoms with Crippen molar-refractivity contribution in [3.05, 3.63) is 16.1 Å². The SMILES string of the molecule is CN=C(NCCNC(=O)C(C)(C)C)N(C)Cc1csc(C)n1.I. The van der Waals surface area contributed by atoms with Gasteiger partial charge in [0.1, 0.15) is 0 Å². The topological polar surface area (TPSA) is 69.6 Å². The van der Waals surface area contributed by atoms with Gasteiger partial charge in [0.05, 0.1) is 17.2 Å². The Morgan fingerprint density at radius 3 is 2.43 bits per heavy atom. The van der Waals surface area contributed by atoms with Crippen LogP contribution < -0.4 is 10.6 Å². The highest BCUT2D eigenvalue weighted by Crippen LogP contribution is 2.12. The fraction of sp³-hybridized carbons (Fsp3) is 0.667. The van der Waals surface area contributed by atoms with Crippen molar-refractivity contribution in [3.8, 4) is 0 Å². The number of rotatable bonds is 5. The molecule has 1 aromatic heterocycles. The summed E-state index contributed by atoms with van der Waals surface area (Å²) in [6.07, 6.45) is 0. The summed E-state index contributed by atoms with van der Waals surface area (Å²) in [5.74, 6) is 0.839. The van der Waals surface area contributed by atoms with Crippen LogP contribution >= 0.6 is 35.3 Å². The first-order valence-electron chi connectivity index (χ1n) is 7.35. The van der Waals surface area contributed by atoms with Crippen LogP contribution in [0.5, 0.6) is 0 Å². The summed E-state index contributed by atoms with van der Waals surface area (Å²) in [4.78, 5) is 22.5. The van der Waals surface area contributed by atoms with Crippen molar-refractivity contribution in [2.24, 2.45) is 10.4 Å². The second kappa shape index (κ2) is 10.1. The summed E-state index contributed by atoms with van der Waals surface area (Å²) in [6.45, 7) is 9.61. The third-order valence-electron chi connectivity index (χ3n) is 3.01. The molecule has 1 amide bonds. The van der Waals surface area contributed by atoms with E-state index in [4.69, 9.17) is 0 Å². The maximum absolute atomic E-state index is 11.8. The predicted molar refractivity (Wildman–Crippen MR) is 108 cm³/mol. The Morgan fingerprint density at radius 1 is 1.35 bits per heavy atom. The van der Waals surface area contributed by atoms with Gasteiger partial charge in [0.25, 0.3) is 0 Å². The number of aromatic nitrogens is 1. The molecule has 6 nitrogen and oxygen atoms in total. The van der Waals surface area contributed by atoms with Crippen LogP contribution in [0, 0.1) is 12.3 Å². The standard InChI is InChI=1S/C15H27N5OS.HI/c1-11-19-12(10-22-11)9-20(6)14(16-5)18-8-7-17-13(21)15(2,3)4;/h10H,7-9H2,1-6H3,(H,16,18)(H,17,21);1H. The van der Waals surface area contributed by atoms with Crippen LogP contribution in [0.4, 0.5) is 0 Å². The number of hydrogen-bond acceptors (Lipinski definition) is 4. The lowest BCUT2D eigenvalue weighted by Gasteiger charge is -2.22. The van der Waals surface area contributed by atoms with E-state index < -0.39 is 0 Å². The fourth-order valence-electron chi connectivity index (χ4n) is 1.80. The molecule has 0 saturated heterocycles. The van der Waals surface area contributed by atoms with Gasteiger partial charge in [-0.2, -0.15) is 0 Å². The minimum absolute atomic E-state index is 0. The molecule has 23 heavy (non-hydrogen) atoms. The number of carbonyl (C=O) groups is 1. The Kier molecular flexibility index (Phi) is 9.67. The highest BCUT2D eigenvalue weighted by atomic mass is 127. The number of nitrogens with one attached hydrogen (secondary N) is 2. The molecule has 1 aromatic rings. The molecule has 0 fully saturated rings. The minimum Gasteiger partial charge on any atom is -0.354 e. The zero-order valence-electron chi connectivity index (χ0n) is 14.8. The van der Waals surface area contributed by atoms with E-state index in [-0.39, 0.29) is 35.3 Å². The van der Waals surface area contributed by atoms with Gasteiger partial charge < -0.3 is 15.5 Å². The first-order chi connectivity index (χ1) is 10.2. The number of guanidine groups is 1. The second-order valence-electron chi connectivity index (χ2n) is 6.19. The molecule has 8 heteroatoms. The molecule has 0 radical (unpaired) electrons. The van der Waals surface area contributed by atoms with E-state index in [0.29, 0.717) is 19.6 Å². The molecule has 0 atom stereocenters. The second-order valence-corrected chi connectivity index (χ2v) is 7.26. The van der Waals surface area contributed by atoms with Gasteiger partial charge >= 0.3 is 0 Å². The summed E-state index contributed by atoms with van der Waals surface area (Å²) in [6, 6.07) is 0. The molecular weight excluding hydrogens is 425 g/mol. The summed E-state index contributed by atoms with van der Waals surface area (Å²) in [5.41, 5.74) is 0.676. The smallest absolute Gasteiger partial charge is 0.225 e. The molecule has 0 aliphatic carbocycles. The van der Waals surface area contributed by atoms with Gasteiger partial charge in [-0.25, -0.2) is 4.98 Å². The van der Waals surface area contributed by atoms with E-state index >= 15 is 0 Å². The number of aliphatic imine (C=N–C) groups is 1. The van der Waals surface area contributed by atoms with Crippen molar-refractivity contribution >= 4 is 47.2 Å². The van der Waals surface area contributed by atoms with Gasteiger partial charge in [0.2, 0.25) is 5.91 Å². The van der Waals surface area contributed by atoms with E-state index in [1.807, 2.05) is 39.6 Å². The Balaban J connectivity index is 0.00000484. The Morgan fingerprint density at radius 2 is 1.96 bits per heavy atom. The maximum Gasteiger partial charge on any atom is 0.225 e. The number of carbonyl (C=O) groups excluding carboxylic acids is 1. The van der Waals surface area contributed by atoms with Gasteiger partial charge in [-0.15, -0.1) is 35.3 Å². The van der Waals surface area contributed by atoms with Crippen LogP contribution in [-0.4, -0.2) is 48.9 Å². The zero-order chi connectivity index (χ0) is 16.8.